The zero-order valence-corrected chi connectivity index (χ0v) is 17.9. The van der Waals surface area contributed by atoms with Gasteiger partial charge in [-0.2, -0.15) is 0 Å². The maximum atomic E-state index is 13.0. The number of ether oxygens (including phenoxy) is 1. The highest BCUT2D eigenvalue weighted by Gasteiger charge is 2.27. The average Bonchev–Trinajstić information content (AvgIpc) is 2.84. The van der Waals surface area contributed by atoms with Crippen LogP contribution >= 0.6 is 0 Å². The van der Waals surface area contributed by atoms with E-state index in [1.54, 1.807) is 19.5 Å². The molecule has 7 heteroatoms. The molecule has 1 aromatic carbocycles. The number of likely N-dealkylation sites (tertiary alicyclic amines) is 1. The van der Waals surface area contributed by atoms with Crippen LogP contribution in [-0.4, -0.2) is 53.0 Å². The largest absolute Gasteiger partial charge is 0.496 e. The van der Waals surface area contributed by atoms with E-state index in [-0.39, 0.29) is 11.8 Å². The van der Waals surface area contributed by atoms with Crippen molar-refractivity contribution < 1.29 is 9.53 Å². The number of hydrogen-bond donors (Lipinski definition) is 1. The van der Waals surface area contributed by atoms with Crippen LogP contribution in [0.25, 0.3) is 11.4 Å². The fraction of sp³-hybridized carbons (Fsp3) is 0.333. The summed E-state index contributed by atoms with van der Waals surface area (Å²) in [7, 11) is 3.48. The van der Waals surface area contributed by atoms with Gasteiger partial charge in [0.25, 0.3) is 0 Å². The minimum atomic E-state index is 0.115. The zero-order chi connectivity index (χ0) is 21.6. The van der Waals surface area contributed by atoms with Gasteiger partial charge in [0.2, 0.25) is 5.91 Å². The van der Waals surface area contributed by atoms with E-state index in [1.807, 2.05) is 54.4 Å². The van der Waals surface area contributed by atoms with Crippen LogP contribution in [0.5, 0.6) is 5.75 Å². The van der Waals surface area contributed by atoms with Gasteiger partial charge in [0.05, 0.1) is 19.2 Å². The second-order valence-electron chi connectivity index (χ2n) is 7.66. The molecule has 1 amide bonds. The van der Waals surface area contributed by atoms with Crippen molar-refractivity contribution in [1.29, 1.82) is 0 Å². The Bertz CT molecular complexity index is 1040. The van der Waals surface area contributed by atoms with Crippen molar-refractivity contribution in [2.75, 3.05) is 32.6 Å². The monoisotopic (exact) mass is 417 g/mol. The maximum Gasteiger partial charge on any atom is 0.227 e. The summed E-state index contributed by atoms with van der Waals surface area (Å²) in [5, 5.41) is 3.13. The van der Waals surface area contributed by atoms with Gasteiger partial charge in [-0.05, 0) is 31.0 Å². The molecule has 7 nitrogen and oxygen atoms in total. The fourth-order valence-corrected chi connectivity index (χ4v) is 4.00. The lowest BCUT2D eigenvalue weighted by Gasteiger charge is -2.33. The average molecular weight is 418 g/mol. The number of piperidine rings is 1. The minimum Gasteiger partial charge on any atom is -0.496 e. The quantitative estimate of drug-likeness (QED) is 0.661. The number of nitrogens with zero attached hydrogens (tertiary/aromatic N) is 4. The van der Waals surface area contributed by atoms with Crippen LogP contribution < -0.4 is 10.1 Å². The van der Waals surface area contributed by atoms with Crippen molar-refractivity contribution in [3.63, 3.8) is 0 Å². The maximum absolute atomic E-state index is 13.0. The van der Waals surface area contributed by atoms with Gasteiger partial charge in [-0.15, -0.1) is 0 Å². The minimum absolute atomic E-state index is 0.115. The Kier molecular flexibility index (Phi) is 6.40. The van der Waals surface area contributed by atoms with E-state index in [4.69, 9.17) is 9.72 Å². The van der Waals surface area contributed by atoms with Gasteiger partial charge in [0.1, 0.15) is 11.6 Å². The van der Waals surface area contributed by atoms with Crippen molar-refractivity contribution in [1.82, 2.24) is 19.9 Å². The zero-order valence-electron chi connectivity index (χ0n) is 17.9. The number of hydrogen-bond acceptors (Lipinski definition) is 6. The topological polar surface area (TPSA) is 80.2 Å². The molecule has 2 aromatic heterocycles. The van der Waals surface area contributed by atoms with Crippen LogP contribution in [0.3, 0.4) is 0 Å². The standard InChI is InChI=1S/C24H27N5O2/c1-25-22-14-20(27-24(28-22)18-8-5-11-26-15-18)19-9-6-12-29(16-19)23(30)13-17-7-3-4-10-21(17)31-2/h3-5,7-8,10-11,14-15,19H,6,9,12-13,16H2,1-2H3,(H,25,27,28)/t19-/m1/s1. The summed E-state index contributed by atoms with van der Waals surface area (Å²) in [5.74, 6) is 2.44. The Labute approximate surface area is 182 Å². The molecule has 1 fully saturated rings. The highest BCUT2D eigenvalue weighted by Crippen LogP contribution is 2.29. The van der Waals surface area contributed by atoms with Gasteiger partial charge in [0.15, 0.2) is 5.82 Å². The third-order valence-corrected chi connectivity index (χ3v) is 5.65. The van der Waals surface area contributed by atoms with Crippen LogP contribution in [0.1, 0.15) is 30.0 Å². The van der Waals surface area contributed by atoms with Crippen molar-refractivity contribution in [3.05, 3.63) is 66.1 Å². The third kappa shape index (κ3) is 4.82. The number of nitrogens with one attached hydrogen (secondary N) is 1. The molecule has 0 unspecified atom stereocenters. The molecule has 0 saturated carbocycles. The normalized spacial score (nSPS) is 16.1. The molecule has 1 saturated heterocycles. The number of para-hydroxylation sites is 1. The Morgan fingerprint density at radius 3 is 2.87 bits per heavy atom. The first-order chi connectivity index (χ1) is 15.2. The van der Waals surface area contributed by atoms with E-state index in [1.165, 1.54) is 0 Å². The SMILES string of the molecule is CNc1cc([C@@H]2CCCN(C(=O)Cc3ccccc3OC)C2)nc(-c2cccnc2)n1. The van der Waals surface area contributed by atoms with Crippen molar-refractivity contribution in [3.8, 4) is 17.1 Å². The molecule has 1 atom stereocenters. The number of pyridine rings is 1. The summed E-state index contributed by atoms with van der Waals surface area (Å²) in [5.41, 5.74) is 2.74. The first kappa shape index (κ1) is 20.8. The predicted molar refractivity (Wildman–Crippen MR) is 120 cm³/mol. The van der Waals surface area contributed by atoms with Crippen LogP contribution in [0.4, 0.5) is 5.82 Å². The van der Waals surface area contributed by atoms with Crippen LogP contribution in [0.2, 0.25) is 0 Å². The molecule has 1 aliphatic heterocycles. The number of carbonyl (C=O) groups is 1. The van der Waals surface area contributed by atoms with E-state index >= 15 is 0 Å². The molecular formula is C24H27N5O2. The summed E-state index contributed by atoms with van der Waals surface area (Å²) in [6.45, 7) is 1.42. The van der Waals surface area contributed by atoms with Gasteiger partial charge >= 0.3 is 0 Å². The second kappa shape index (κ2) is 9.55. The lowest BCUT2D eigenvalue weighted by atomic mass is 9.93. The number of rotatable bonds is 6. The lowest BCUT2D eigenvalue weighted by molar-refractivity contribution is -0.131. The van der Waals surface area contributed by atoms with Crippen molar-refractivity contribution in [2.24, 2.45) is 0 Å². The molecule has 0 spiro atoms. The fourth-order valence-electron chi connectivity index (χ4n) is 4.00. The van der Waals surface area contributed by atoms with Crippen molar-refractivity contribution >= 4 is 11.7 Å². The molecule has 160 valence electrons. The number of carbonyl (C=O) groups excluding carboxylic acids is 1. The smallest absolute Gasteiger partial charge is 0.227 e. The van der Waals surface area contributed by atoms with Gasteiger partial charge in [-0.25, -0.2) is 9.97 Å². The molecule has 0 aliphatic carbocycles. The molecule has 0 bridgehead atoms. The lowest BCUT2D eigenvalue weighted by Crippen LogP contribution is -2.40. The Balaban J connectivity index is 1.53. The van der Waals surface area contributed by atoms with Gasteiger partial charge in [0, 0.05) is 55.6 Å². The highest BCUT2D eigenvalue weighted by atomic mass is 16.5. The summed E-state index contributed by atoms with van der Waals surface area (Å²) < 4.78 is 5.40. The van der Waals surface area contributed by atoms with E-state index in [2.05, 4.69) is 15.3 Å². The van der Waals surface area contributed by atoms with Crippen LogP contribution in [0.15, 0.2) is 54.9 Å². The summed E-state index contributed by atoms with van der Waals surface area (Å²) in [4.78, 5) is 28.6. The number of aromatic nitrogens is 3. The molecule has 3 aromatic rings. The van der Waals surface area contributed by atoms with Crippen molar-refractivity contribution in [2.45, 2.75) is 25.2 Å². The van der Waals surface area contributed by atoms with Gasteiger partial charge < -0.3 is 15.0 Å². The van der Waals surface area contributed by atoms with Crippen LogP contribution in [-0.2, 0) is 11.2 Å². The number of amides is 1. The Morgan fingerprint density at radius 2 is 2.10 bits per heavy atom. The first-order valence-electron chi connectivity index (χ1n) is 10.5. The molecule has 4 rings (SSSR count). The molecule has 0 radical (unpaired) electrons. The molecular weight excluding hydrogens is 390 g/mol. The summed E-state index contributed by atoms with van der Waals surface area (Å²) >= 11 is 0. The number of methoxy groups -OCH3 is 1. The molecule has 31 heavy (non-hydrogen) atoms. The second-order valence-corrected chi connectivity index (χ2v) is 7.66. The third-order valence-electron chi connectivity index (χ3n) is 5.65. The Hall–Kier alpha value is -3.48. The molecule has 3 heterocycles. The first-order valence-corrected chi connectivity index (χ1v) is 10.5. The van der Waals surface area contributed by atoms with Crippen LogP contribution in [0, 0.1) is 0 Å². The Morgan fingerprint density at radius 1 is 1.23 bits per heavy atom. The van der Waals surface area contributed by atoms with Gasteiger partial charge in [-0.3, -0.25) is 9.78 Å². The number of benzene rings is 1. The van der Waals surface area contributed by atoms with E-state index in [0.717, 1.165) is 47.8 Å². The van der Waals surface area contributed by atoms with E-state index in [0.29, 0.717) is 18.8 Å². The summed E-state index contributed by atoms with van der Waals surface area (Å²) in [6, 6.07) is 13.5. The molecule has 1 aliphatic rings. The van der Waals surface area contributed by atoms with E-state index < -0.39 is 0 Å². The highest BCUT2D eigenvalue weighted by molar-refractivity contribution is 5.79. The summed E-state index contributed by atoms with van der Waals surface area (Å²) in [6.07, 6.45) is 5.78. The number of anilines is 1. The molecule has 1 N–H and O–H groups in total. The van der Waals surface area contributed by atoms with Gasteiger partial charge in [-0.1, -0.05) is 18.2 Å². The predicted octanol–water partition coefficient (Wildman–Crippen LogP) is 3.54. The van der Waals surface area contributed by atoms with E-state index in [9.17, 15) is 4.79 Å².